The van der Waals surface area contributed by atoms with Gasteiger partial charge in [-0.3, -0.25) is 10.1 Å². The van der Waals surface area contributed by atoms with Gasteiger partial charge in [0.2, 0.25) is 0 Å². The molecule has 1 rings (SSSR count). The summed E-state index contributed by atoms with van der Waals surface area (Å²) in [6, 6.07) is 5.31. The van der Waals surface area contributed by atoms with Crippen LogP contribution in [-0.4, -0.2) is 20.6 Å². The Kier molecular flexibility index (Phi) is 4.32. The summed E-state index contributed by atoms with van der Waals surface area (Å²) in [4.78, 5) is 4.12. The molecule has 0 bridgehead atoms. The second kappa shape index (κ2) is 5.32. The molecule has 0 radical (unpaired) electrons. The number of alkyl halides is 1. The number of allylic oxidation sites excluding steroid dienone is 1. The van der Waals surface area contributed by atoms with Crippen LogP contribution in [0.5, 0.6) is 0 Å². The largest absolute Gasteiger partial charge is 0.257 e. The van der Waals surface area contributed by atoms with Crippen LogP contribution in [0, 0.1) is 0 Å². The van der Waals surface area contributed by atoms with Crippen molar-refractivity contribution in [1.82, 2.24) is 4.98 Å². The van der Waals surface area contributed by atoms with Gasteiger partial charge in [-0.2, -0.15) is 0 Å². The molecule has 0 fully saturated rings. The van der Waals surface area contributed by atoms with Gasteiger partial charge in [0.1, 0.15) is 6.67 Å². The lowest BCUT2D eigenvalue weighted by atomic mass is 9.98. The molecule has 16 heavy (non-hydrogen) atoms. The summed E-state index contributed by atoms with van der Waals surface area (Å²) >= 11 is 0. The van der Waals surface area contributed by atoms with Crippen molar-refractivity contribution in [3.8, 4) is 0 Å². The zero-order chi connectivity index (χ0) is 12.2. The average Bonchev–Trinajstić information content (AvgIpc) is 2.26. The highest BCUT2D eigenvalue weighted by atomic mass is 32.2. The molecule has 5 heteroatoms. The summed E-state index contributed by atoms with van der Waals surface area (Å²) in [5.41, 5.74) is 1.17. The smallest absolute Gasteiger partial charge is 0.108 e. The fraction of sp³-hybridized carbons (Fsp3) is 0.364. The Balaban J connectivity index is 3.22. The van der Waals surface area contributed by atoms with E-state index in [1.165, 1.54) is 6.08 Å². The Bertz CT molecular complexity index is 404. The van der Waals surface area contributed by atoms with E-state index in [2.05, 4.69) is 4.98 Å². The van der Waals surface area contributed by atoms with Crippen LogP contribution in [-0.2, 0) is 11.0 Å². The standard InChI is InChI=1S/C11H15FN2OS/c1-11(2,16(13)15)9(6-7-12)10-5-3-4-8-14-10/h3-6,8H,7,13H2,1-2H3. The van der Waals surface area contributed by atoms with Crippen molar-refractivity contribution >= 4 is 16.6 Å². The first-order valence-corrected chi connectivity index (χ1v) is 6.05. The van der Waals surface area contributed by atoms with Crippen molar-refractivity contribution < 1.29 is 8.60 Å². The lowest BCUT2D eigenvalue weighted by molar-refractivity contribution is 0.560. The minimum atomic E-state index is -1.58. The van der Waals surface area contributed by atoms with Crippen molar-refractivity contribution in [3.63, 3.8) is 0 Å². The van der Waals surface area contributed by atoms with Gasteiger partial charge in [0.25, 0.3) is 0 Å². The zero-order valence-corrected chi connectivity index (χ0v) is 10.1. The van der Waals surface area contributed by atoms with Crippen LogP contribution in [0.3, 0.4) is 0 Å². The van der Waals surface area contributed by atoms with Crippen molar-refractivity contribution in [1.29, 1.82) is 0 Å². The molecular formula is C11H15FN2OS. The van der Waals surface area contributed by atoms with Gasteiger partial charge in [0, 0.05) is 6.20 Å². The van der Waals surface area contributed by atoms with Crippen LogP contribution >= 0.6 is 0 Å². The Hall–Kier alpha value is -1.07. The maximum Gasteiger partial charge on any atom is 0.108 e. The van der Waals surface area contributed by atoms with Gasteiger partial charge in [0.05, 0.1) is 21.4 Å². The SMILES string of the molecule is CC(C)(C(=CCF)c1ccccn1)S(N)=O. The molecule has 0 aliphatic heterocycles. The summed E-state index contributed by atoms with van der Waals surface area (Å²) < 4.78 is 23.1. The monoisotopic (exact) mass is 242 g/mol. The maximum absolute atomic E-state index is 12.5. The van der Waals surface area contributed by atoms with E-state index in [0.717, 1.165) is 0 Å². The predicted molar refractivity (Wildman–Crippen MR) is 64.6 cm³/mol. The van der Waals surface area contributed by atoms with E-state index in [0.29, 0.717) is 11.3 Å². The number of hydrogen-bond acceptors (Lipinski definition) is 2. The lowest BCUT2D eigenvalue weighted by Crippen LogP contribution is -2.33. The molecule has 2 N–H and O–H groups in total. The van der Waals surface area contributed by atoms with Gasteiger partial charge < -0.3 is 0 Å². The van der Waals surface area contributed by atoms with Crippen molar-refractivity contribution in [2.45, 2.75) is 18.6 Å². The summed E-state index contributed by atoms with van der Waals surface area (Å²) in [6.45, 7) is 2.78. The molecule has 0 aliphatic carbocycles. The van der Waals surface area contributed by atoms with Crippen LogP contribution in [0.25, 0.3) is 5.57 Å². The fourth-order valence-electron chi connectivity index (χ4n) is 1.37. The van der Waals surface area contributed by atoms with Crippen LogP contribution in [0.1, 0.15) is 19.5 Å². The Labute approximate surface area is 97.2 Å². The summed E-state index contributed by atoms with van der Waals surface area (Å²) in [5, 5.41) is 5.42. The van der Waals surface area contributed by atoms with Crippen molar-refractivity contribution in [2.75, 3.05) is 6.67 Å². The Morgan fingerprint density at radius 3 is 2.75 bits per heavy atom. The maximum atomic E-state index is 12.5. The minimum Gasteiger partial charge on any atom is -0.257 e. The van der Waals surface area contributed by atoms with E-state index in [4.69, 9.17) is 5.14 Å². The van der Waals surface area contributed by atoms with E-state index in [-0.39, 0.29) is 0 Å². The lowest BCUT2D eigenvalue weighted by Gasteiger charge is -2.24. The Morgan fingerprint density at radius 1 is 1.62 bits per heavy atom. The van der Waals surface area contributed by atoms with Crippen molar-refractivity contribution in [3.05, 3.63) is 36.2 Å². The van der Waals surface area contributed by atoms with Gasteiger partial charge in [-0.15, -0.1) is 0 Å². The number of rotatable bonds is 4. The van der Waals surface area contributed by atoms with Gasteiger partial charge in [-0.1, -0.05) is 6.07 Å². The highest BCUT2D eigenvalue weighted by molar-refractivity contribution is 7.84. The summed E-state index contributed by atoms with van der Waals surface area (Å²) in [6.07, 6.45) is 2.98. The number of nitrogens with two attached hydrogens (primary N) is 1. The fourth-order valence-corrected chi connectivity index (χ4v) is 1.77. The van der Waals surface area contributed by atoms with Crippen molar-refractivity contribution in [2.24, 2.45) is 5.14 Å². The molecular weight excluding hydrogens is 227 g/mol. The van der Waals surface area contributed by atoms with Crippen LogP contribution in [0.15, 0.2) is 30.5 Å². The average molecular weight is 242 g/mol. The summed E-state index contributed by atoms with van der Waals surface area (Å²) in [7, 11) is -1.58. The second-order valence-electron chi connectivity index (χ2n) is 3.79. The number of nitrogens with zero attached hydrogens (tertiary/aromatic N) is 1. The third-order valence-corrected chi connectivity index (χ3v) is 3.60. The number of halogens is 1. The third kappa shape index (κ3) is 2.74. The van der Waals surface area contributed by atoms with E-state index in [1.54, 1.807) is 38.2 Å². The van der Waals surface area contributed by atoms with Crippen LogP contribution in [0.4, 0.5) is 4.39 Å². The topological polar surface area (TPSA) is 56.0 Å². The van der Waals surface area contributed by atoms with Crippen LogP contribution < -0.4 is 5.14 Å². The quantitative estimate of drug-likeness (QED) is 0.875. The first-order valence-electron chi connectivity index (χ1n) is 4.84. The van der Waals surface area contributed by atoms with Gasteiger partial charge in [0.15, 0.2) is 0 Å². The Morgan fingerprint density at radius 2 is 2.31 bits per heavy atom. The van der Waals surface area contributed by atoms with Gasteiger partial charge in [-0.05, 0) is 37.6 Å². The molecule has 0 aliphatic rings. The predicted octanol–water partition coefficient (Wildman–Crippen LogP) is 1.84. The second-order valence-corrected chi connectivity index (χ2v) is 5.41. The minimum absolute atomic E-state index is 0.566. The zero-order valence-electron chi connectivity index (χ0n) is 9.31. The first kappa shape index (κ1) is 13.0. The molecule has 1 unspecified atom stereocenters. The number of hydrogen-bond donors (Lipinski definition) is 1. The first-order chi connectivity index (χ1) is 7.50. The molecule has 1 atom stereocenters. The molecule has 1 aromatic heterocycles. The van der Waals surface area contributed by atoms with Crippen LogP contribution in [0.2, 0.25) is 0 Å². The molecule has 0 saturated carbocycles. The number of pyridine rings is 1. The third-order valence-electron chi connectivity index (χ3n) is 2.37. The highest BCUT2D eigenvalue weighted by Crippen LogP contribution is 2.29. The van der Waals surface area contributed by atoms with Gasteiger partial charge in [-0.25, -0.2) is 8.60 Å². The molecule has 0 aromatic carbocycles. The molecule has 0 spiro atoms. The molecule has 1 heterocycles. The molecule has 3 nitrogen and oxygen atoms in total. The van der Waals surface area contributed by atoms with E-state index < -0.39 is 22.4 Å². The normalized spacial score (nSPS) is 14.9. The molecule has 88 valence electrons. The summed E-state index contributed by atoms with van der Waals surface area (Å²) in [5.74, 6) is 0. The van der Waals surface area contributed by atoms with E-state index in [9.17, 15) is 8.60 Å². The molecule has 0 saturated heterocycles. The molecule has 0 amide bonds. The number of aromatic nitrogens is 1. The molecule has 1 aromatic rings. The van der Waals surface area contributed by atoms with Gasteiger partial charge >= 0.3 is 0 Å². The van der Waals surface area contributed by atoms with E-state index in [1.807, 2.05) is 0 Å². The van der Waals surface area contributed by atoms with E-state index >= 15 is 0 Å². The highest BCUT2D eigenvalue weighted by Gasteiger charge is 2.30.